The quantitative estimate of drug-likeness (QED) is 0.368. The van der Waals surface area contributed by atoms with E-state index in [1.165, 1.54) is 11.1 Å². The topological polar surface area (TPSA) is 13.1 Å². The van der Waals surface area contributed by atoms with Crippen LogP contribution in [0.4, 0.5) is 0 Å². The average Bonchev–Trinajstić information content (AvgIpc) is 3.05. The Labute approximate surface area is 147 Å². The highest BCUT2D eigenvalue weighted by Gasteiger charge is 2.13. The van der Waals surface area contributed by atoms with Gasteiger partial charge in [-0.3, -0.25) is 0 Å². The Morgan fingerprint density at radius 2 is 1.64 bits per heavy atom. The Hall–Kier alpha value is -3.32. The molecule has 1 nitrogen and oxygen atoms in total. The summed E-state index contributed by atoms with van der Waals surface area (Å²) in [5.74, 6) is 0. The summed E-state index contributed by atoms with van der Waals surface area (Å²) in [7, 11) is 0. The molecule has 0 saturated heterocycles. The molecule has 0 aliphatic rings. The maximum Gasteiger partial charge on any atom is 0.136 e. The van der Waals surface area contributed by atoms with Crippen molar-refractivity contribution in [3.05, 3.63) is 104 Å². The standard InChI is InChI=1S/C24H18O/c1-3-9-17(4-2)20-12-8-13-23-24(20)21-16-19(14-15-22(21)25-23)18-10-6-5-7-11-18/h3-16H,1-2H2/b17-9+. The molecule has 0 N–H and O–H groups in total. The normalized spacial score (nSPS) is 11.8. The van der Waals surface area contributed by atoms with Gasteiger partial charge in [-0.15, -0.1) is 0 Å². The number of rotatable bonds is 4. The molecule has 0 bridgehead atoms. The SMILES string of the molecule is C=C/C=C(\C=C)c1cccc2oc3ccc(-c4ccccc4)cc3c12. The zero-order valence-electron chi connectivity index (χ0n) is 13.9. The Balaban J connectivity index is 2.04. The third-order valence-electron chi connectivity index (χ3n) is 4.43. The van der Waals surface area contributed by atoms with Gasteiger partial charge in [-0.2, -0.15) is 0 Å². The summed E-state index contributed by atoms with van der Waals surface area (Å²) >= 11 is 0. The lowest BCUT2D eigenvalue weighted by molar-refractivity contribution is 0.669. The van der Waals surface area contributed by atoms with Gasteiger partial charge in [0.15, 0.2) is 0 Å². The Bertz CT molecular complexity index is 1110. The third-order valence-corrected chi connectivity index (χ3v) is 4.43. The van der Waals surface area contributed by atoms with Crippen molar-refractivity contribution < 1.29 is 4.42 Å². The molecule has 4 aromatic rings. The van der Waals surface area contributed by atoms with Gasteiger partial charge in [-0.05, 0) is 40.5 Å². The van der Waals surface area contributed by atoms with Crippen LogP contribution in [0.1, 0.15) is 5.56 Å². The van der Waals surface area contributed by atoms with Crippen molar-refractivity contribution in [1.29, 1.82) is 0 Å². The van der Waals surface area contributed by atoms with E-state index in [0.29, 0.717) is 0 Å². The fraction of sp³-hybridized carbons (Fsp3) is 0. The van der Waals surface area contributed by atoms with Crippen molar-refractivity contribution >= 4 is 27.5 Å². The predicted octanol–water partition coefficient (Wildman–Crippen LogP) is 7.01. The van der Waals surface area contributed by atoms with Crippen molar-refractivity contribution in [2.45, 2.75) is 0 Å². The molecule has 0 aliphatic carbocycles. The van der Waals surface area contributed by atoms with Gasteiger partial charge in [0.2, 0.25) is 0 Å². The average molecular weight is 322 g/mol. The van der Waals surface area contributed by atoms with Gasteiger partial charge >= 0.3 is 0 Å². The van der Waals surface area contributed by atoms with Gasteiger partial charge in [0.25, 0.3) is 0 Å². The van der Waals surface area contributed by atoms with E-state index in [0.717, 1.165) is 33.1 Å². The van der Waals surface area contributed by atoms with Crippen molar-refractivity contribution in [2.75, 3.05) is 0 Å². The zero-order valence-corrected chi connectivity index (χ0v) is 13.9. The molecule has 1 heterocycles. The molecule has 0 fully saturated rings. The molecule has 3 aromatic carbocycles. The van der Waals surface area contributed by atoms with Gasteiger partial charge in [-0.25, -0.2) is 0 Å². The fourth-order valence-corrected chi connectivity index (χ4v) is 3.27. The van der Waals surface area contributed by atoms with Crippen molar-refractivity contribution in [2.24, 2.45) is 0 Å². The predicted molar refractivity (Wildman–Crippen MR) is 108 cm³/mol. The van der Waals surface area contributed by atoms with E-state index in [1.54, 1.807) is 6.08 Å². The molecule has 0 aliphatic heterocycles. The summed E-state index contributed by atoms with van der Waals surface area (Å²) in [5.41, 5.74) is 6.30. The number of furan rings is 1. The minimum atomic E-state index is 0.884. The molecule has 4 rings (SSSR count). The van der Waals surface area contributed by atoms with Crippen LogP contribution in [-0.4, -0.2) is 0 Å². The fourth-order valence-electron chi connectivity index (χ4n) is 3.27. The van der Waals surface area contributed by atoms with Gasteiger partial charge < -0.3 is 4.42 Å². The van der Waals surface area contributed by atoms with Gasteiger partial charge in [0, 0.05) is 10.8 Å². The molecule has 1 aromatic heterocycles. The van der Waals surface area contributed by atoms with Crippen LogP contribution in [-0.2, 0) is 0 Å². The Morgan fingerprint density at radius 1 is 0.800 bits per heavy atom. The van der Waals surface area contributed by atoms with E-state index in [9.17, 15) is 0 Å². The van der Waals surface area contributed by atoms with Crippen LogP contribution in [0.2, 0.25) is 0 Å². The van der Waals surface area contributed by atoms with Crippen LogP contribution < -0.4 is 0 Å². The summed E-state index contributed by atoms with van der Waals surface area (Å²) in [6, 6.07) is 22.9. The number of benzene rings is 3. The van der Waals surface area contributed by atoms with Crippen LogP contribution >= 0.6 is 0 Å². The number of allylic oxidation sites excluding steroid dienone is 4. The second kappa shape index (κ2) is 6.29. The second-order valence-electron chi connectivity index (χ2n) is 5.92. The molecular formula is C24H18O. The minimum Gasteiger partial charge on any atom is -0.456 e. The highest BCUT2D eigenvalue weighted by molar-refractivity contribution is 6.12. The van der Waals surface area contributed by atoms with Crippen LogP contribution in [0.15, 0.2) is 103 Å². The lowest BCUT2D eigenvalue weighted by Gasteiger charge is -2.05. The van der Waals surface area contributed by atoms with Crippen LogP contribution in [0.3, 0.4) is 0 Å². The van der Waals surface area contributed by atoms with Crippen LogP contribution in [0, 0.1) is 0 Å². The zero-order chi connectivity index (χ0) is 17.2. The summed E-state index contributed by atoms with van der Waals surface area (Å²) in [5, 5.41) is 2.23. The van der Waals surface area contributed by atoms with Crippen molar-refractivity contribution in [1.82, 2.24) is 0 Å². The molecule has 0 spiro atoms. The minimum absolute atomic E-state index is 0.884. The van der Waals surface area contributed by atoms with Crippen LogP contribution in [0.25, 0.3) is 38.6 Å². The highest BCUT2D eigenvalue weighted by Crippen LogP contribution is 2.36. The molecule has 0 saturated carbocycles. The first-order valence-corrected chi connectivity index (χ1v) is 8.28. The van der Waals surface area contributed by atoms with Gasteiger partial charge in [0.05, 0.1) is 0 Å². The third kappa shape index (κ3) is 2.60. The molecule has 25 heavy (non-hydrogen) atoms. The molecule has 0 atom stereocenters. The van der Waals surface area contributed by atoms with E-state index in [2.05, 4.69) is 55.6 Å². The number of fused-ring (bicyclic) bond motifs is 3. The first-order chi connectivity index (χ1) is 12.3. The smallest absolute Gasteiger partial charge is 0.136 e. The number of hydrogen-bond donors (Lipinski definition) is 0. The summed E-state index contributed by atoms with van der Waals surface area (Å²) < 4.78 is 6.07. The van der Waals surface area contributed by atoms with E-state index in [1.807, 2.05) is 36.4 Å². The van der Waals surface area contributed by atoms with Gasteiger partial charge in [0.1, 0.15) is 11.2 Å². The molecule has 0 amide bonds. The van der Waals surface area contributed by atoms with E-state index in [4.69, 9.17) is 4.42 Å². The second-order valence-corrected chi connectivity index (χ2v) is 5.92. The van der Waals surface area contributed by atoms with E-state index in [-0.39, 0.29) is 0 Å². The van der Waals surface area contributed by atoms with Crippen molar-refractivity contribution in [3.63, 3.8) is 0 Å². The first kappa shape index (κ1) is 15.2. The highest BCUT2D eigenvalue weighted by atomic mass is 16.3. The van der Waals surface area contributed by atoms with Crippen LogP contribution in [0.5, 0.6) is 0 Å². The molecule has 0 radical (unpaired) electrons. The largest absolute Gasteiger partial charge is 0.456 e. The van der Waals surface area contributed by atoms with Gasteiger partial charge in [-0.1, -0.05) is 79.9 Å². The maximum atomic E-state index is 6.07. The van der Waals surface area contributed by atoms with E-state index >= 15 is 0 Å². The number of hydrogen-bond acceptors (Lipinski definition) is 1. The lowest BCUT2D eigenvalue weighted by atomic mass is 9.97. The summed E-state index contributed by atoms with van der Waals surface area (Å²) in [4.78, 5) is 0. The molecular weight excluding hydrogens is 304 g/mol. The summed E-state index contributed by atoms with van der Waals surface area (Å²) in [6.07, 6.45) is 5.62. The first-order valence-electron chi connectivity index (χ1n) is 8.28. The summed E-state index contributed by atoms with van der Waals surface area (Å²) in [6.45, 7) is 7.76. The molecule has 1 heteroatoms. The van der Waals surface area contributed by atoms with E-state index < -0.39 is 0 Å². The molecule has 120 valence electrons. The lowest BCUT2D eigenvalue weighted by Crippen LogP contribution is -1.83. The molecule has 0 unspecified atom stereocenters. The van der Waals surface area contributed by atoms with Crippen molar-refractivity contribution in [3.8, 4) is 11.1 Å². The monoisotopic (exact) mass is 322 g/mol. The Kier molecular flexibility index (Phi) is 3.83. The maximum absolute atomic E-state index is 6.07. The Morgan fingerprint density at radius 3 is 2.40 bits per heavy atom.